The van der Waals surface area contributed by atoms with Crippen LogP contribution in [0.2, 0.25) is 5.02 Å². The number of benzene rings is 3. The standard InChI is InChI=1S/C29H29ClN2O5/c1-29(2,3)20-4-12-24(13-5-20)37-25-14-10-23(11-15-25)32-17-19(16-27(32)34)28(35)36-18-26(33)31-22-8-6-21(30)7-9-22/h4-15,19H,16-18H2,1-3H3,(H,31,33)/t19-/m0/s1. The number of rotatable bonds is 7. The van der Waals surface area contributed by atoms with Crippen molar-refractivity contribution in [2.75, 3.05) is 23.4 Å². The van der Waals surface area contributed by atoms with Crippen LogP contribution in [0.3, 0.4) is 0 Å². The van der Waals surface area contributed by atoms with Crippen LogP contribution >= 0.6 is 11.6 Å². The fraction of sp³-hybridized carbons (Fsp3) is 0.276. The van der Waals surface area contributed by atoms with E-state index < -0.39 is 24.4 Å². The van der Waals surface area contributed by atoms with Crippen LogP contribution < -0.4 is 15.0 Å². The maximum Gasteiger partial charge on any atom is 0.311 e. The van der Waals surface area contributed by atoms with E-state index >= 15 is 0 Å². The van der Waals surface area contributed by atoms with Gasteiger partial charge in [0.05, 0.1) is 5.92 Å². The van der Waals surface area contributed by atoms with Crippen molar-refractivity contribution in [1.29, 1.82) is 0 Å². The second-order valence-electron chi connectivity index (χ2n) is 9.94. The Morgan fingerprint density at radius 1 is 0.946 bits per heavy atom. The summed E-state index contributed by atoms with van der Waals surface area (Å²) in [5, 5.41) is 3.18. The Hall–Kier alpha value is -3.84. The third-order valence-electron chi connectivity index (χ3n) is 6.04. The number of hydrogen-bond donors (Lipinski definition) is 1. The highest BCUT2D eigenvalue weighted by Gasteiger charge is 2.36. The summed E-state index contributed by atoms with van der Waals surface area (Å²) < 4.78 is 11.1. The largest absolute Gasteiger partial charge is 0.457 e. The van der Waals surface area contributed by atoms with Gasteiger partial charge in [-0.3, -0.25) is 14.4 Å². The van der Waals surface area contributed by atoms with Gasteiger partial charge in [0.1, 0.15) is 11.5 Å². The maximum absolute atomic E-state index is 12.6. The molecule has 4 rings (SSSR count). The van der Waals surface area contributed by atoms with E-state index in [4.69, 9.17) is 21.1 Å². The fourth-order valence-electron chi connectivity index (χ4n) is 3.95. The highest BCUT2D eigenvalue weighted by molar-refractivity contribution is 6.30. The van der Waals surface area contributed by atoms with Gasteiger partial charge in [-0.25, -0.2) is 0 Å². The van der Waals surface area contributed by atoms with Crippen LogP contribution in [0.15, 0.2) is 72.8 Å². The van der Waals surface area contributed by atoms with Crippen molar-refractivity contribution in [2.24, 2.45) is 5.92 Å². The number of ether oxygens (including phenoxy) is 2. The molecule has 0 unspecified atom stereocenters. The molecule has 1 aliphatic heterocycles. The highest BCUT2D eigenvalue weighted by atomic mass is 35.5. The first-order valence-electron chi connectivity index (χ1n) is 12.0. The van der Waals surface area contributed by atoms with E-state index in [0.717, 1.165) is 5.75 Å². The van der Waals surface area contributed by atoms with E-state index in [1.165, 1.54) is 5.56 Å². The Morgan fingerprint density at radius 3 is 2.14 bits per heavy atom. The molecule has 0 aromatic heterocycles. The van der Waals surface area contributed by atoms with Crippen molar-refractivity contribution in [1.82, 2.24) is 0 Å². The topological polar surface area (TPSA) is 84.9 Å². The normalized spacial score (nSPS) is 15.4. The molecule has 1 saturated heterocycles. The first-order chi connectivity index (χ1) is 17.6. The number of carbonyl (C=O) groups is 3. The van der Waals surface area contributed by atoms with E-state index in [-0.39, 0.29) is 24.3 Å². The van der Waals surface area contributed by atoms with Crippen molar-refractivity contribution in [3.05, 3.63) is 83.4 Å². The minimum absolute atomic E-state index is 0.0238. The first kappa shape index (κ1) is 26.2. The molecule has 0 spiro atoms. The number of amides is 2. The number of carbonyl (C=O) groups excluding carboxylic acids is 3. The predicted octanol–water partition coefficient (Wildman–Crippen LogP) is 5.96. The molecule has 0 radical (unpaired) electrons. The maximum atomic E-state index is 12.6. The van der Waals surface area contributed by atoms with E-state index in [2.05, 4.69) is 26.1 Å². The lowest BCUT2D eigenvalue weighted by Crippen LogP contribution is -2.28. The molecule has 37 heavy (non-hydrogen) atoms. The third-order valence-corrected chi connectivity index (χ3v) is 6.29. The number of nitrogens with one attached hydrogen (secondary N) is 1. The zero-order chi connectivity index (χ0) is 26.6. The minimum atomic E-state index is -0.645. The van der Waals surface area contributed by atoms with Crippen molar-refractivity contribution in [3.63, 3.8) is 0 Å². The van der Waals surface area contributed by atoms with Gasteiger partial charge in [-0.2, -0.15) is 0 Å². The van der Waals surface area contributed by atoms with E-state index in [0.29, 0.717) is 22.1 Å². The predicted molar refractivity (Wildman–Crippen MR) is 143 cm³/mol. The van der Waals surface area contributed by atoms with Crippen LogP contribution in [0.1, 0.15) is 32.8 Å². The van der Waals surface area contributed by atoms with Crippen LogP contribution in [-0.4, -0.2) is 30.9 Å². The molecule has 1 fully saturated rings. The molecule has 0 aliphatic carbocycles. The molecule has 7 nitrogen and oxygen atoms in total. The summed E-state index contributed by atoms with van der Waals surface area (Å²) in [6.45, 7) is 6.22. The summed E-state index contributed by atoms with van der Waals surface area (Å²) in [4.78, 5) is 38.7. The average Bonchev–Trinajstić information content (AvgIpc) is 3.26. The van der Waals surface area contributed by atoms with E-state index in [1.807, 2.05) is 24.3 Å². The number of anilines is 2. The molecule has 1 aliphatic rings. The van der Waals surface area contributed by atoms with Crippen LogP contribution in [0.5, 0.6) is 11.5 Å². The first-order valence-corrected chi connectivity index (χ1v) is 12.4. The minimum Gasteiger partial charge on any atom is -0.457 e. The summed E-state index contributed by atoms with van der Waals surface area (Å²) in [6, 6.07) is 21.7. The van der Waals surface area contributed by atoms with Gasteiger partial charge in [0.15, 0.2) is 6.61 Å². The molecule has 0 saturated carbocycles. The van der Waals surface area contributed by atoms with Crippen LogP contribution in [-0.2, 0) is 24.5 Å². The lowest BCUT2D eigenvalue weighted by Gasteiger charge is -2.19. The monoisotopic (exact) mass is 520 g/mol. The van der Waals surface area contributed by atoms with Crippen molar-refractivity contribution in [3.8, 4) is 11.5 Å². The molecule has 1 atom stereocenters. The zero-order valence-electron chi connectivity index (χ0n) is 21.0. The Balaban J connectivity index is 1.29. The van der Waals surface area contributed by atoms with Gasteiger partial charge in [0.2, 0.25) is 5.91 Å². The van der Waals surface area contributed by atoms with Crippen LogP contribution in [0, 0.1) is 5.92 Å². The summed E-state index contributed by atoms with van der Waals surface area (Å²) in [5.74, 6) is -0.518. The average molecular weight is 521 g/mol. The third kappa shape index (κ3) is 6.89. The SMILES string of the molecule is CC(C)(C)c1ccc(Oc2ccc(N3C[C@@H](C(=O)OCC(=O)Nc4ccc(Cl)cc4)CC3=O)cc2)cc1. The second-order valence-corrected chi connectivity index (χ2v) is 10.4. The van der Waals surface area contributed by atoms with Crippen molar-refractivity contribution >= 4 is 40.8 Å². The summed E-state index contributed by atoms with van der Waals surface area (Å²) in [6.07, 6.45) is 0.0238. The van der Waals surface area contributed by atoms with Gasteiger partial charge in [0, 0.05) is 29.4 Å². The van der Waals surface area contributed by atoms with E-state index in [1.54, 1.807) is 53.4 Å². The Bertz CT molecular complexity index is 1270. The van der Waals surface area contributed by atoms with Crippen LogP contribution in [0.25, 0.3) is 0 Å². The molecule has 0 bridgehead atoms. The van der Waals surface area contributed by atoms with Gasteiger partial charge in [-0.15, -0.1) is 0 Å². The van der Waals surface area contributed by atoms with E-state index in [9.17, 15) is 14.4 Å². The smallest absolute Gasteiger partial charge is 0.311 e. The summed E-state index contributed by atoms with van der Waals surface area (Å²) in [7, 11) is 0. The number of nitrogens with zero attached hydrogens (tertiary/aromatic N) is 1. The van der Waals surface area contributed by atoms with Gasteiger partial charge < -0.3 is 19.7 Å². The van der Waals surface area contributed by atoms with Gasteiger partial charge in [-0.05, 0) is 71.6 Å². The second kappa shape index (κ2) is 11.0. The van der Waals surface area contributed by atoms with Crippen LogP contribution in [0.4, 0.5) is 11.4 Å². The number of esters is 1. The summed E-state index contributed by atoms with van der Waals surface area (Å²) in [5.41, 5.74) is 2.49. The lowest BCUT2D eigenvalue weighted by atomic mass is 9.87. The quantitative estimate of drug-likeness (QED) is 0.388. The van der Waals surface area contributed by atoms with Crippen molar-refractivity contribution < 1.29 is 23.9 Å². The Kier molecular flexibility index (Phi) is 7.83. The Morgan fingerprint density at radius 2 is 1.54 bits per heavy atom. The zero-order valence-corrected chi connectivity index (χ0v) is 21.7. The van der Waals surface area contributed by atoms with Gasteiger partial charge in [-0.1, -0.05) is 44.5 Å². The molecule has 2 amide bonds. The molecular formula is C29H29ClN2O5. The van der Waals surface area contributed by atoms with Crippen molar-refractivity contribution in [2.45, 2.75) is 32.6 Å². The van der Waals surface area contributed by atoms with Gasteiger partial charge >= 0.3 is 5.97 Å². The molecule has 8 heteroatoms. The molecule has 3 aromatic rings. The van der Waals surface area contributed by atoms with Gasteiger partial charge in [0.25, 0.3) is 5.91 Å². The molecule has 192 valence electrons. The molecular weight excluding hydrogens is 492 g/mol. The number of halogens is 1. The highest BCUT2D eigenvalue weighted by Crippen LogP contribution is 2.30. The number of hydrogen-bond acceptors (Lipinski definition) is 5. The fourth-order valence-corrected chi connectivity index (χ4v) is 4.08. The lowest BCUT2D eigenvalue weighted by molar-refractivity contribution is -0.151. The Labute approximate surface area is 221 Å². The molecule has 1 N–H and O–H groups in total. The summed E-state index contributed by atoms with van der Waals surface area (Å²) >= 11 is 5.83. The molecule has 1 heterocycles. The molecule has 3 aromatic carbocycles.